The molecule has 1 aliphatic heterocycles. The number of hydrogen-bond acceptors (Lipinski definition) is 3. The molecule has 0 aromatic heterocycles. The highest BCUT2D eigenvalue weighted by Gasteiger charge is 2.40. The monoisotopic (exact) mass is 259 g/mol. The van der Waals surface area contributed by atoms with E-state index in [0.717, 1.165) is 43.7 Å². The zero-order valence-corrected chi connectivity index (χ0v) is 11.2. The van der Waals surface area contributed by atoms with E-state index in [1.807, 2.05) is 18.2 Å². The number of benzene rings is 1. The van der Waals surface area contributed by atoms with Crippen LogP contribution >= 0.6 is 0 Å². The Bertz CT molecular complexity index is 476. The van der Waals surface area contributed by atoms with Crippen LogP contribution in [0.25, 0.3) is 0 Å². The fourth-order valence-corrected chi connectivity index (χ4v) is 2.84. The molecule has 4 nitrogen and oxygen atoms in total. The van der Waals surface area contributed by atoms with Crippen molar-refractivity contribution >= 4 is 17.3 Å². The van der Waals surface area contributed by atoms with Crippen LogP contribution < -0.4 is 16.0 Å². The molecule has 19 heavy (non-hydrogen) atoms. The van der Waals surface area contributed by atoms with E-state index in [1.54, 1.807) is 0 Å². The summed E-state index contributed by atoms with van der Waals surface area (Å²) in [6.45, 7) is 2.14. The van der Waals surface area contributed by atoms with Gasteiger partial charge in [-0.2, -0.15) is 0 Å². The molecule has 2 aliphatic rings. The number of carbonyl (C=O) groups excluding carboxylic acids is 1. The normalized spacial score (nSPS) is 21.0. The van der Waals surface area contributed by atoms with Gasteiger partial charge in [0.2, 0.25) is 5.91 Å². The van der Waals surface area contributed by atoms with Crippen LogP contribution in [-0.4, -0.2) is 24.5 Å². The highest BCUT2D eigenvalue weighted by atomic mass is 16.2. The molecule has 1 heterocycles. The Kier molecular flexibility index (Phi) is 3.19. The summed E-state index contributed by atoms with van der Waals surface area (Å²) in [5.41, 5.74) is 7.45. The number of anilines is 2. The lowest BCUT2D eigenvalue weighted by Crippen LogP contribution is -2.56. The van der Waals surface area contributed by atoms with E-state index >= 15 is 0 Å². The van der Waals surface area contributed by atoms with E-state index in [9.17, 15) is 4.79 Å². The largest absolute Gasteiger partial charge is 0.370 e. The van der Waals surface area contributed by atoms with Gasteiger partial charge in [0.15, 0.2) is 0 Å². The van der Waals surface area contributed by atoms with Crippen molar-refractivity contribution < 1.29 is 4.79 Å². The third kappa shape index (κ3) is 2.32. The summed E-state index contributed by atoms with van der Waals surface area (Å²) in [5.74, 6) is -0.0367. The minimum Gasteiger partial charge on any atom is -0.370 e. The molecule has 0 spiro atoms. The minimum atomic E-state index is -0.641. The lowest BCUT2D eigenvalue weighted by molar-refractivity contribution is -0.123. The lowest BCUT2D eigenvalue weighted by Gasteiger charge is -2.36. The van der Waals surface area contributed by atoms with Crippen molar-refractivity contribution in [3.63, 3.8) is 0 Å². The topological polar surface area (TPSA) is 58.4 Å². The van der Waals surface area contributed by atoms with Gasteiger partial charge in [0, 0.05) is 13.1 Å². The molecule has 0 unspecified atom stereocenters. The Hall–Kier alpha value is -1.55. The summed E-state index contributed by atoms with van der Waals surface area (Å²) in [4.78, 5) is 14.6. The molecule has 3 N–H and O–H groups in total. The average molecular weight is 259 g/mol. The molecule has 0 bridgehead atoms. The average Bonchev–Trinajstić information content (AvgIpc) is 2.90. The van der Waals surface area contributed by atoms with Gasteiger partial charge in [-0.1, -0.05) is 12.1 Å². The number of nitrogens with zero attached hydrogens (tertiary/aromatic N) is 1. The van der Waals surface area contributed by atoms with Gasteiger partial charge in [0.25, 0.3) is 0 Å². The van der Waals surface area contributed by atoms with Gasteiger partial charge in [-0.25, -0.2) is 0 Å². The molecular formula is C15H21N3O. The van der Waals surface area contributed by atoms with Gasteiger partial charge in [-0.3, -0.25) is 4.79 Å². The smallest absolute Gasteiger partial charge is 0.244 e. The van der Waals surface area contributed by atoms with Gasteiger partial charge in [0.1, 0.15) is 0 Å². The molecule has 1 saturated heterocycles. The maximum absolute atomic E-state index is 12.2. The molecule has 102 valence electrons. The number of nitrogens with one attached hydrogen (secondary N) is 1. The van der Waals surface area contributed by atoms with E-state index in [1.165, 1.54) is 12.8 Å². The molecule has 2 fully saturated rings. The summed E-state index contributed by atoms with van der Waals surface area (Å²) in [7, 11) is 0. The van der Waals surface area contributed by atoms with Crippen LogP contribution in [0.1, 0.15) is 32.1 Å². The molecule has 0 radical (unpaired) electrons. The molecule has 1 saturated carbocycles. The summed E-state index contributed by atoms with van der Waals surface area (Å²) >= 11 is 0. The third-order valence-electron chi connectivity index (χ3n) is 4.30. The quantitative estimate of drug-likeness (QED) is 0.874. The van der Waals surface area contributed by atoms with Crippen LogP contribution in [0.15, 0.2) is 24.3 Å². The van der Waals surface area contributed by atoms with E-state index in [0.29, 0.717) is 0 Å². The number of nitrogens with two attached hydrogens (primary N) is 1. The van der Waals surface area contributed by atoms with Crippen LogP contribution in [0.4, 0.5) is 11.4 Å². The van der Waals surface area contributed by atoms with E-state index in [4.69, 9.17) is 5.73 Å². The van der Waals surface area contributed by atoms with Crippen LogP contribution in [0.3, 0.4) is 0 Å². The maximum atomic E-state index is 12.2. The van der Waals surface area contributed by atoms with Crippen LogP contribution in [0.2, 0.25) is 0 Å². The van der Waals surface area contributed by atoms with E-state index in [2.05, 4.69) is 16.3 Å². The van der Waals surface area contributed by atoms with Crippen molar-refractivity contribution in [3.05, 3.63) is 24.3 Å². The third-order valence-corrected chi connectivity index (χ3v) is 4.30. The molecule has 0 atom stereocenters. The van der Waals surface area contributed by atoms with Gasteiger partial charge in [-0.15, -0.1) is 0 Å². The Morgan fingerprint density at radius 1 is 1.16 bits per heavy atom. The number of rotatable bonds is 3. The molecule has 1 aromatic carbocycles. The SMILES string of the molecule is NC1(C(=O)Nc2ccccc2N2CCCC2)CCC1. The van der Waals surface area contributed by atoms with Crippen molar-refractivity contribution in [1.29, 1.82) is 0 Å². The number of para-hydroxylation sites is 2. The van der Waals surface area contributed by atoms with E-state index < -0.39 is 5.54 Å². The molecule has 1 aromatic rings. The maximum Gasteiger partial charge on any atom is 0.244 e. The van der Waals surface area contributed by atoms with Crippen LogP contribution in [0, 0.1) is 0 Å². The predicted octanol–water partition coefficient (Wildman–Crippen LogP) is 2.11. The van der Waals surface area contributed by atoms with Crippen LogP contribution in [0.5, 0.6) is 0 Å². The summed E-state index contributed by atoms with van der Waals surface area (Å²) < 4.78 is 0. The zero-order valence-electron chi connectivity index (χ0n) is 11.2. The minimum absolute atomic E-state index is 0.0367. The van der Waals surface area contributed by atoms with Gasteiger partial charge < -0.3 is 16.0 Å². The first-order valence-corrected chi connectivity index (χ1v) is 7.13. The van der Waals surface area contributed by atoms with Crippen molar-refractivity contribution in [2.24, 2.45) is 5.73 Å². The van der Waals surface area contributed by atoms with E-state index in [-0.39, 0.29) is 5.91 Å². The first-order valence-electron chi connectivity index (χ1n) is 7.13. The fraction of sp³-hybridized carbons (Fsp3) is 0.533. The molecule has 3 rings (SSSR count). The Balaban J connectivity index is 1.78. The van der Waals surface area contributed by atoms with Gasteiger partial charge in [-0.05, 0) is 44.2 Å². The van der Waals surface area contributed by atoms with Crippen molar-refractivity contribution in [1.82, 2.24) is 0 Å². The number of hydrogen-bond donors (Lipinski definition) is 2. The van der Waals surface area contributed by atoms with Crippen LogP contribution in [-0.2, 0) is 4.79 Å². The number of amides is 1. The van der Waals surface area contributed by atoms with Gasteiger partial charge in [0.05, 0.1) is 16.9 Å². The Labute approximate surface area is 114 Å². The molecule has 1 amide bonds. The van der Waals surface area contributed by atoms with Crippen molar-refractivity contribution in [2.75, 3.05) is 23.3 Å². The second-order valence-electron chi connectivity index (χ2n) is 5.68. The lowest BCUT2D eigenvalue weighted by atomic mass is 9.77. The molecular weight excluding hydrogens is 238 g/mol. The Morgan fingerprint density at radius 2 is 1.84 bits per heavy atom. The first-order chi connectivity index (χ1) is 9.19. The Morgan fingerprint density at radius 3 is 2.47 bits per heavy atom. The second kappa shape index (κ2) is 4.85. The summed E-state index contributed by atoms with van der Waals surface area (Å²) in [6, 6.07) is 8.02. The number of carbonyl (C=O) groups is 1. The summed E-state index contributed by atoms with van der Waals surface area (Å²) in [6.07, 6.45) is 5.10. The standard InChI is InChI=1S/C15H21N3O/c16-15(8-5-9-15)14(19)17-12-6-1-2-7-13(12)18-10-3-4-11-18/h1-2,6-7H,3-5,8-11,16H2,(H,17,19). The zero-order chi connectivity index (χ0) is 13.3. The van der Waals surface area contributed by atoms with Crippen molar-refractivity contribution in [2.45, 2.75) is 37.6 Å². The molecule has 1 aliphatic carbocycles. The summed E-state index contributed by atoms with van der Waals surface area (Å²) in [5, 5.41) is 3.02. The molecule has 4 heteroatoms. The fourth-order valence-electron chi connectivity index (χ4n) is 2.84. The highest BCUT2D eigenvalue weighted by molar-refractivity contribution is 6.00. The predicted molar refractivity (Wildman–Crippen MR) is 77.3 cm³/mol. The highest BCUT2D eigenvalue weighted by Crippen LogP contribution is 2.33. The van der Waals surface area contributed by atoms with Gasteiger partial charge >= 0.3 is 0 Å². The first kappa shape index (κ1) is 12.5. The second-order valence-corrected chi connectivity index (χ2v) is 5.68. The van der Waals surface area contributed by atoms with Crippen molar-refractivity contribution in [3.8, 4) is 0 Å².